The van der Waals surface area contributed by atoms with Crippen LogP contribution in [0.1, 0.15) is 0 Å². The van der Waals surface area contributed by atoms with E-state index in [1.807, 2.05) is 66.7 Å². The van der Waals surface area contributed by atoms with Crippen molar-refractivity contribution in [1.29, 1.82) is 0 Å². The van der Waals surface area contributed by atoms with Crippen molar-refractivity contribution < 1.29 is 4.42 Å². The minimum absolute atomic E-state index is 0.621. The lowest BCUT2D eigenvalue weighted by Gasteiger charge is -2.01. The van der Waals surface area contributed by atoms with Gasteiger partial charge in [-0.25, -0.2) is 4.98 Å². The lowest BCUT2D eigenvalue weighted by atomic mass is 10.1. The van der Waals surface area contributed by atoms with Gasteiger partial charge in [0.25, 0.3) is 0 Å². The van der Waals surface area contributed by atoms with E-state index in [1.165, 1.54) is 0 Å². The third kappa shape index (κ3) is 2.19. The van der Waals surface area contributed by atoms with Crippen LogP contribution < -0.4 is 0 Å². The summed E-state index contributed by atoms with van der Waals surface area (Å²) in [7, 11) is 0. The molecule has 4 aromatic rings. The Bertz CT molecular complexity index is 864. The molecule has 0 spiro atoms. The van der Waals surface area contributed by atoms with Gasteiger partial charge in [0.05, 0.1) is 5.69 Å². The number of para-hydroxylation sites is 2. The summed E-state index contributed by atoms with van der Waals surface area (Å²) in [5, 5.41) is 0. The second-order valence-corrected chi connectivity index (χ2v) is 4.78. The van der Waals surface area contributed by atoms with Gasteiger partial charge in [-0.15, -0.1) is 0 Å². The monoisotopic (exact) mass is 272 g/mol. The summed E-state index contributed by atoms with van der Waals surface area (Å²) in [5.74, 6) is 0.621. The molecular formula is C18H12N2O. The first kappa shape index (κ1) is 11.9. The Balaban J connectivity index is 1.82. The summed E-state index contributed by atoms with van der Waals surface area (Å²) in [6.45, 7) is 0. The zero-order chi connectivity index (χ0) is 14.1. The van der Waals surface area contributed by atoms with Crippen molar-refractivity contribution in [2.75, 3.05) is 0 Å². The minimum Gasteiger partial charge on any atom is -0.436 e. The average Bonchev–Trinajstić information content (AvgIpc) is 3.00. The van der Waals surface area contributed by atoms with Crippen molar-refractivity contribution in [2.24, 2.45) is 0 Å². The topological polar surface area (TPSA) is 38.9 Å². The molecule has 4 rings (SSSR count). The Kier molecular flexibility index (Phi) is 2.75. The van der Waals surface area contributed by atoms with Crippen molar-refractivity contribution in [2.45, 2.75) is 0 Å². The highest BCUT2D eigenvalue weighted by Gasteiger charge is 2.09. The van der Waals surface area contributed by atoms with E-state index >= 15 is 0 Å². The fourth-order valence-electron chi connectivity index (χ4n) is 2.33. The zero-order valence-corrected chi connectivity index (χ0v) is 11.2. The van der Waals surface area contributed by atoms with Crippen molar-refractivity contribution in [3.63, 3.8) is 0 Å². The van der Waals surface area contributed by atoms with Crippen LogP contribution in [0.2, 0.25) is 0 Å². The van der Waals surface area contributed by atoms with E-state index < -0.39 is 0 Å². The van der Waals surface area contributed by atoms with Crippen molar-refractivity contribution >= 4 is 11.1 Å². The smallest absolute Gasteiger partial charge is 0.227 e. The Labute approximate surface area is 121 Å². The Morgan fingerprint density at radius 3 is 2.43 bits per heavy atom. The molecule has 0 bridgehead atoms. The van der Waals surface area contributed by atoms with Gasteiger partial charge in [0.1, 0.15) is 5.52 Å². The van der Waals surface area contributed by atoms with E-state index in [0.717, 1.165) is 27.9 Å². The fraction of sp³-hybridized carbons (Fsp3) is 0. The maximum atomic E-state index is 5.81. The van der Waals surface area contributed by atoms with Gasteiger partial charge in [-0.05, 0) is 24.3 Å². The number of pyridine rings is 1. The van der Waals surface area contributed by atoms with Crippen molar-refractivity contribution in [3.8, 4) is 22.7 Å². The molecule has 0 amide bonds. The first-order valence-corrected chi connectivity index (χ1v) is 6.77. The summed E-state index contributed by atoms with van der Waals surface area (Å²) in [6, 6.07) is 21.8. The fourth-order valence-corrected chi connectivity index (χ4v) is 2.33. The SMILES string of the molecule is c1ccc(-c2cc(-c3nc4ccccc4o3)ccn2)cc1. The lowest BCUT2D eigenvalue weighted by molar-refractivity contribution is 0.620. The van der Waals surface area contributed by atoms with Gasteiger partial charge in [0, 0.05) is 17.3 Å². The summed E-state index contributed by atoms with van der Waals surface area (Å²) < 4.78 is 5.81. The number of fused-ring (bicyclic) bond motifs is 1. The van der Waals surface area contributed by atoms with Crippen molar-refractivity contribution in [1.82, 2.24) is 9.97 Å². The molecule has 3 nitrogen and oxygen atoms in total. The summed E-state index contributed by atoms with van der Waals surface area (Å²) >= 11 is 0. The molecule has 0 N–H and O–H groups in total. The standard InChI is InChI=1S/C18H12N2O/c1-2-6-13(7-3-1)16-12-14(10-11-19-16)18-20-15-8-4-5-9-17(15)21-18/h1-12H. The van der Waals surface area contributed by atoms with E-state index in [9.17, 15) is 0 Å². The maximum Gasteiger partial charge on any atom is 0.227 e. The van der Waals surface area contributed by atoms with Gasteiger partial charge in [-0.1, -0.05) is 42.5 Å². The molecule has 2 aromatic carbocycles. The normalized spacial score (nSPS) is 10.9. The number of aromatic nitrogens is 2. The van der Waals surface area contributed by atoms with Gasteiger partial charge < -0.3 is 4.42 Å². The van der Waals surface area contributed by atoms with Gasteiger partial charge in [-0.2, -0.15) is 0 Å². The second-order valence-electron chi connectivity index (χ2n) is 4.78. The third-order valence-electron chi connectivity index (χ3n) is 3.37. The molecular weight excluding hydrogens is 260 g/mol. The van der Waals surface area contributed by atoms with Gasteiger partial charge in [0.15, 0.2) is 5.58 Å². The van der Waals surface area contributed by atoms with Gasteiger partial charge in [0.2, 0.25) is 5.89 Å². The molecule has 2 heterocycles. The molecule has 0 unspecified atom stereocenters. The zero-order valence-electron chi connectivity index (χ0n) is 11.2. The number of hydrogen-bond acceptors (Lipinski definition) is 3. The predicted molar refractivity (Wildman–Crippen MR) is 82.7 cm³/mol. The molecule has 0 aliphatic carbocycles. The molecule has 0 radical (unpaired) electrons. The molecule has 0 aliphatic rings. The molecule has 0 saturated carbocycles. The summed E-state index contributed by atoms with van der Waals surface area (Å²) in [5.41, 5.74) is 4.59. The number of rotatable bonds is 2. The first-order valence-electron chi connectivity index (χ1n) is 6.77. The quantitative estimate of drug-likeness (QED) is 0.537. The summed E-state index contributed by atoms with van der Waals surface area (Å²) in [4.78, 5) is 8.94. The van der Waals surface area contributed by atoms with Crippen LogP contribution in [-0.4, -0.2) is 9.97 Å². The number of oxazole rings is 1. The molecule has 100 valence electrons. The number of benzene rings is 2. The Hall–Kier alpha value is -2.94. The van der Waals surface area contributed by atoms with Crippen LogP contribution in [0.3, 0.4) is 0 Å². The number of hydrogen-bond donors (Lipinski definition) is 0. The van der Waals surface area contributed by atoms with Crippen LogP contribution in [0.25, 0.3) is 33.8 Å². The van der Waals surface area contributed by atoms with Crippen LogP contribution in [0, 0.1) is 0 Å². The van der Waals surface area contributed by atoms with Gasteiger partial charge >= 0.3 is 0 Å². The van der Waals surface area contributed by atoms with E-state index in [-0.39, 0.29) is 0 Å². The van der Waals surface area contributed by atoms with Gasteiger partial charge in [-0.3, -0.25) is 4.98 Å². The number of nitrogens with zero attached hydrogens (tertiary/aromatic N) is 2. The molecule has 0 aliphatic heterocycles. The molecule has 3 heteroatoms. The molecule has 0 atom stereocenters. The molecule has 0 saturated heterocycles. The lowest BCUT2D eigenvalue weighted by Crippen LogP contribution is -1.85. The van der Waals surface area contributed by atoms with Crippen LogP contribution in [-0.2, 0) is 0 Å². The van der Waals surface area contributed by atoms with E-state index in [4.69, 9.17) is 4.42 Å². The molecule has 0 fully saturated rings. The predicted octanol–water partition coefficient (Wildman–Crippen LogP) is 4.56. The maximum absolute atomic E-state index is 5.81. The molecule has 21 heavy (non-hydrogen) atoms. The Morgan fingerprint density at radius 1 is 0.762 bits per heavy atom. The highest BCUT2D eigenvalue weighted by atomic mass is 16.3. The van der Waals surface area contributed by atoms with Crippen LogP contribution in [0.15, 0.2) is 77.3 Å². The Morgan fingerprint density at radius 2 is 1.57 bits per heavy atom. The van der Waals surface area contributed by atoms with Crippen LogP contribution in [0.4, 0.5) is 0 Å². The molecule has 2 aromatic heterocycles. The van der Waals surface area contributed by atoms with E-state index in [1.54, 1.807) is 6.20 Å². The highest BCUT2D eigenvalue weighted by Crippen LogP contribution is 2.26. The minimum atomic E-state index is 0.621. The third-order valence-corrected chi connectivity index (χ3v) is 3.37. The van der Waals surface area contributed by atoms with E-state index in [0.29, 0.717) is 5.89 Å². The average molecular weight is 272 g/mol. The first-order chi connectivity index (χ1) is 10.4. The van der Waals surface area contributed by atoms with Crippen molar-refractivity contribution in [3.05, 3.63) is 72.9 Å². The van der Waals surface area contributed by atoms with E-state index in [2.05, 4.69) is 9.97 Å². The second kappa shape index (κ2) is 4.87. The largest absolute Gasteiger partial charge is 0.436 e. The summed E-state index contributed by atoms with van der Waals surface area (Å²) in [6.07, 6.45) is 1.78. The van der Waals surface area contributed by atoms with Crippen LogP contribution in [0.5, 0.6) is 0 Å². The van der Waals surface area contributed by atoms with Crippen LogP contribution >= 0.6 is 0 Å². The highest BCUT2D eigenvalue weighted by molar-refractivity contribution is 5.76.